The molecule has 0 aromatic rings. The molecule has 0 saturated carbocycles. The van der Waals surface area contributed by atoms with E-state index in [1.54, 1.807) is 12.1 Å². The highest BCUT2D eigenvalue weighted by Crippen LogP contribution is 2.14. The smallest absolute Gasteiger partial charge is 0.298 e. The van der Waals surface area contributed by atoms with E-state index in [-0.39, 0.29) is 12.2 Å². The summed E-state index contributed by atoms with van der Waals surface area (Å²) in [7, 11) is 1.46. The maximum atomic E-state index is 8.36. The lowest BCUT2D eigenvalue weighted by Crippen LogP contribution is -2.01. The molecule has 8 nitrogen and oxygen atoms in total. The Hall–Kier alpha value is -3.80. The van der Waals surface area contributed by atoms with Crippen LogP contribution in [0.2, 0.25) is 0 Å². The van der Waals surface area contributed by atoms with Crippen molar-refractivity contribution in [1.82, 2.24) is 0 Å². The average Bonchev–Trinajstić information content (AvgIpc) is 3.01. The normalized spacial score (nSPS) is 12.0. The first kappa shape index (κ1) is 23.5. The number of aliphatic imine (C=N–C) groups is 1. The second-order valence-corrected chi connectivity index (χ2v) is 4.13. The van der Waals surface area contributed by atoms with Crippen molar-refractivity contribution in [3.63, 3.8) is 0 Å². The molecule has 0 aromatic heterocycles. The number of ether oxygens (including phenoxy) is 1. The molecule has 128 valence electrons. The van der Waals surface area contributed by atoms with Gasteiger partial charge in [-0.25, -0.2) is 21.5 Å². The van der Waals surface area contributed by atoms with Crippen LogP contribution in [0.25, 0.3) is 14.5 Å². The number of nitrogens with two attached hydrogens (primary N) is 1. The van der Waals surface area contributed by atoms with Gasteiger partial charge in [0.2, 0.25) is 5.70 Å². The van der Waals surface area contributed by atoms with Gasteiger partial charge < -0.3 is 15.3 Å². The maximum absolute atomic E-state index is 8.36. The molecule has 0 spiro atoms. The Labute approximate surface area is 148 Å². The summed E-state index contributed by atoms with van der Waals surface area (Å²) in [5.74, 6) is 0.456. The molecule has 0 unspecified atom stereocenters. The zero-order valence-electron chi connectivity index (χ0n) is 14.5. The molecular formula is C17H19N7O. The summed E-state index contributed by atoms with van der Waals surface area (Å²) in [6.45, 7) is 23.6. The van der Waals surface area contributed by atoms with Gasteiger partial charge in [-0.3, -0.25) is 4.99 Å². The molecule has 0 atom stereocenters. The Morgan fingerprint density at radius 3 is 2.16 bits per heavy atom. The molecular weight excluding hydrogens is 318 g/mol. The molecule has 0 bridgehead atoms. The molecule has 0 amide bonds. The molecule has 25 heavy (non-hydrogen) atoms. The van der Waals surface area contributed by atoms with Crippen LogP contribution in [-0.4, -0.2) is 25.9 Å². The summed E-state index contributed by atoms with van der Waals surface area (Å²) in [6.07, 6.45) is 1.39. The minimum Gasteiger partial charge on any atom is -0.511 e. The molecule has 1 heterocycles. The molecule has 8 heteroatoms. The van der Waals surface area contributed by atoms with Crippen LogP contribution in [0.1, 0.15) is 26.7 Å². The number of nitrogens with zero attached hydrogens (tertiary/aromatic N) is 6. The van der Waals surface area contributed by atoms with Crippen LogP contribution in [0.4, 0.5) is 0 Å². The number of methoxy groups -OCH3 is 1. The van der Waals surface area contributed by atoms with Gasteiger partial charge in [0.05, 0.1) is 32.9 Å². The van der Waals surface area contributed by atoms with Crippen molar-refractivity contribution in [2.45, 2.75) is 26.7 Å². The Balaban J connectivity index is 0. The van der Waals surface area contributed by atoms with E-state index in [0.717, 1.165) is 12.1 Å². The molecule has 0 fully saturated rings. The number of nitriles is 2. The summed E-state index contributed by atoms with van der Waals surface area (Å²) < 4.78 is 4.79. The van der Waals surface area contributed by atoms with Gasteiger partial charge in [0, 0.05) is 11.4 Å². The zero-order valence-corrected chi connectivity index (χ0v) is 14.5. The van der Waals surface area contributed by atoms with E-state index in [2.05, 4.69) is 19.5 Å². The van der Waals surface area contributed by atoms with Gasteiger partial charge in [-0.05, 0) is 12.8 Å². The third-order valence-corrected chi connectivity index (χ3v) is 2.66. The number of allylic oxidation sites excluding steroid dienone is 3. The third-order valence-electron chi connectivity index (χ3n) is 2.66. The summed E-state index contributed by atoms with van der Waals surface area (Å²) in [5.41, 5.74) is 7.60. The highest BCUT2D eigenvalue weighted by molar-refractivity contribution is 6.03. The van der Waals surface area contributed by atoms with Crippen molar-refractivity contribution in [3.05, 3.63) is 57.1 Å². The summed E-state index contributed by atoms with van der Waals surface area (Å²) >= 11 is 0. The SMILES string of the molecule is [C-]#[N+]/C(C#N)=C(\CC)OC.[C-]#[N+]C1=C(N)CN=C1CC.[C-]#[N+]CC#N. The van der Waals surface area contributed by atoms with Crippen molar-refractivity contribution >= 4 is 5.71 Å². The molecule has 0 aromatic carbocycles. The first-order valence-corrected chi connectivity index (χ1v) is 7.15. The van der Waals surface area contributed by atoms with E-state index < -0.39 is 0 Å². The van der Waals surface area contributed by atoms with E-state index in [1.807, 2.05) is 13.8 Å². The van der Waals surface area contributed by atoms with E-state index in [9.17, 15) is 0 Å². The van der Waals surface area contributed by atoms with Gasteiger partial charge in [0.25, 0.3) is 12.2 Å². The molecule has 1 aliphatic heterocycles. The van der Waals surface area contributed by atoms with Gasteiger partial charge in [0.1, 0.15) is 11.8 Å². The predicted molar refractivity (Wildman–Crippen MR) is 94.0 cm³/mol. The fourth-order valence-electron chi connectivity index (χ4n) is 1.52. The van der Waals surface area contributed by atoms with Gasteiger partial charge in [-0.15, -0.1) is 0 Å². The Bertz CT molecular complexity index is 706. The topological polar surface area (TPSA) is 108 Å². The fourth-order valence-corrected chi connectivity index (χ4v) is 1.52. The van der Waals surface area contributed by atoms with Crippen LogP contribution < -0.4 is 5.73 Å². The van der Waals surface area contributed by atoms with Crippen molar-refractivity contribution in [2.75, 3.05) is 20.2 Å². The van der Waals surface area contributed by atoms with E-state index in [1.165, 1.54) is 7.11 Å². The van der Waals surface area contributed by atoms with E-state index in [0.29, 0.717) is 30.1 Å². The number of hydrogen-bond donors (Lipinski definition) is 1. The second kappa shape index (κ2) is 15.1. The van der Waals surface area contributed by atoms with Crippen LogP contribution in [0.15, 0.2) is 27.8 Å². The number of hydrogen-bond acceptors (Lipinski definition) is 5. The van der Waals surface area contributed by atoms with E-state index >= 15 is 0 Å². The molecule has 1 rings (SSSR count). The Kier molecular flexibility index (Phi) is 14.2. The Morgan fingerprint density at radius 2 is 1.96 bits per heavy atom. The lowest BCUT2D eigenvalue weighted by Gasteiger charge is -2.00. The zero-order chi connectivity index (χ0) is 19.7. The second-order valence-electron chi connectivity index (χ2n) is 4.13. The molecule has 0 saturated heterocycles. The van der Waals surface area contributed by atoms with Crippen molar-refractivity contribution in [2.24, 2.45) is 10.7 Å². The van der Waals surface area contributed by atoms with Gasteiger partial charge >= 0.3 is 0 Å². The first-order valence-electron chi connectivity index (χ1n) is 7.15. The molecule has 1 aliphatic rings. The fraction of sp³-hybridized carbons (Fsp3) is 0.412. The molecule has 0 radical (unpaired) electrons. The van der Waals surface area contributed by atoms with E-state index in [4.69, 9.17) is 40.7 Å². The van der Waals surface area contributed by atoms with Crippen LogP contribution >= 0.6 is 0 Å². The average molecular weight is 337 g/mol. The summed E-state index contributed by atoms with van der Waals surface area (Å²) in [4.78, 5) is 13.1. The van der Waals surface area contributed by atoms with Crippen molar-refractivity contribution < 1.29 is 4.74 Å². The minimum atomic E-state index is -0.0139. The van der Waals surface area contributed by atoms with Gasteiger partial charge in [-0.1, -0.05) is 13.8 Å². The molecule has 0 aliphatic carbocycles. The number of rotatable bonds is 3. The third kappa shape index (κ3) is 9.04. The standard InChI is InChI=1S/C7H9N3.C7H8N2O.C3H2N2/c1-3-6-7(9-2)5(8)4-10-6;1-4-7(10-3)6(5-8)9-2;1-5-3-2-4/h3-4,8H2,1H3;4H2,1,3H3;3H2/b;7-6+;. The maximum Gasteiger partial charge on any atom is 0.298 e. The van der Waals surface area contributed by atoms with Crippen molar-refractivity contribution in [3.8, 4) is 12.1 Å². The first-order chi connectivity index (χ1) is 12.0. The van der Waals surface area contributed by atoms with Crippen LogP contribution in [0.5, 0.6) is 0 Å². The summed E-state index contributed by atoms with van der Waals surface area (Å²) in [5, 5.41) is 16.0. The van der Waals surface area contributed by atoms with Crippen LogP contribution in [0, 0.1) is 42.4 Å². The van der Waals surface area contributed by atoms with Crippen LogP contribution in [-0.2, 0) is 4.74 Å². The molecule has 2 N–H and O–H groups in total. The lowest BCUT2D eigenvalue weighted by molar-refractivity contribution is 0.278. The van der Waals surface area contributed by atoms with Crippen LogP contribution in [0.3, 0.4) is 0 Å². The summed E-state index contributed by atoms with van der Waals surface area (Å²) in [6, 6.07) is 3.42. The van der Waals surface area contributed by atoms with Crippen molar-refractivity contribution in [1.29, 1.82) is 10.5 Å². The highest BCUT2D eigenvalue weighted by atomic mass is 16.5. The highest BCUT2D eigenvalue weighted by Gasteiger charge is 2.14. The monoisotopic (exact) mass is 337 g/mol. The lowest BCUT2D eigenvalue weighted by atomic mass is 10.2. The largest absolute Gasteiger partial charge is 0.511 e. The van der Waals surface area contributed by atoms with Gasteiger partial charge in [-0.2, -0.15) is 5.26 Å². The quantitative estimate of drug-likeness (QED) is 0.369. The predicted octanol–water partition coefficient (Wildman–Crippen LogP) is 3.07. The Morgan fingerprint density at radius 1 is 1.32 bits per heavy atom. The van der Waals surface area contributed by atoms with Gasteiger partial charge in [0.15, 0.2) is 0 Å². The minimum absolute atomic E-state index is 0.0139.